The van der Waals surface area contributed by atoms with Gasteiger partial charge in [0.2, 0.25) is 5.95 Å². The van der Waals surface area contributed by atoms with Gasteiger partial charge >= 0.3 is 6.03 Å². The van der Waals surface area contributed by atoms with Crippen molar-refractivity contribution < 1.29 is 9.53 Å². The second kappa shape index (κ2) is 10.2. The molecule has 0 bridgehead atoms. The summed E-state index contributed by atoms with van der Waals surface area (Å²) in [5, 5.41) is 8.69. The molecule has 0 radical (unpaired) electrons. The molecule has 0 aliphatic carbocycles. The molecule has 0 saturated heterocycles. The van der Waals surface area contributed by atoms with Gasteiger partial charge in [0.15, 0.2) is 0 Å². The van der Waals surface area contributed by atoms with Crippen LogP contribution in [0.3, 0.4) is 0 Å². The monoisotopic (exact) mass is 357 g/mol. The molecular weight excluding hydrogens is 330 g/mol. The molecule has 0 atom stereocenters. The first-order chi connectivity index (χ1) is 12.6. The summed E-state index contributed by atoms with van der Waals surface area (Å²) in [6.07, 6.45) is 4.74. The zero-order chi connectivity index (χ0) is 18.8. The molecule has 7 nitrogen and oxygen atoms in total. The minimum Gasteiger partial charge on any atom is -0.497 e. The number of rotatable bonds is 9. The van der Waals surface area contributed by atoms with Crippen LogP contribution in [-0.2, 0) is 0 Å². The molecule has 140 valence electrons. The van der Waals surface area contributed by atoms with Crippen LogP contribution < -0.4 is 20.7 Å². The first kappa shape index (κ1) is 19.5. The van der Waals surface area contributed by atoms with Crippen LogP contribution in [0.1, 0.15) is 38.3 Å². The third kappa shape index (κ3) is 6.58. The summed E-state index contributed by atoms with van der Waals surface area (Å²) in [6, 6.07) is 8.59. The van der Waals surface area contributed by atoms with Crippen molar-refractivity contribution in [2.75, 3.05) is 29.6 Å². The van der Waals surface area contributed by atoms with Gasteiger partial charge in [-0.3, -0.25) is 5.32 Å². The number of anilines is 3. The maximum Gasteiger partial charge on any atom is 0.326 e. The Bertz CT molecular complexity index is 721. The number of benzene rings is 1. The third-order valence-electron chi connectivity index (χ3n) is 3.74. The fourth-order valence-electron chi connectivity index (χ4n) is 2.45. The van der Waals surface area contributed by atoms with Gasteiger partial charge in [0.1, 0.15) is 11.6 Å². The van der Waals surface area contributed by atoms with E-state index in [0.717, 1.165) is 18.7 Å². The van der Waals surface area contributed by atoms with Crippen molar-refractivity contribution in [3.05, 3.63) is 36.0 Å². The summed E-state index contributed by atoms with van der Waals surface area (Å²) in [7, 11) is 1.58. The Morgan fingerprint density at radius 2 is 1.96 bits per heavy atom. The number of hydrogen-bond donors (Lipinski definition) is 3. The highest BCUT2D eigenvalue weighted by Crippen LogP contribution is 2.17. The number of methoxy groups -OCH3 is 1. The van der Waals surface area contributed by atoms with Crippen molar-refractivity contribution in [1.29, 1.82) is 0 Å². The zero-order valence-electron chi connectivity index (χ0n) is 15.6. The summed E-state index contributed by atoms with van der Waals surface area (Å²) in [6.45, 7) is 4.91. The van der Waals surface area contributed by atoms with E-state index in [0.29, 0.717) is 17.3 Å². The fraction of sp³-hybridized carbons (Fsp3) is 0.421. The Labute approximate surface area is 154 Å². The average Bonchev–Trinajstić information content (AvgIpc) is 2.61. The van der Waals surface area contributed by atoms with Crippen molar-refractivity contribution >= 4 is 23.5 Å². The van der Waals surface area contributed by atoms with Gasteiger partial charge in [-0.25, -0.2) is 9.78 Å². The van der Waals surface area contributed by atoms with Gasteiger partial charge in [-0.05, 0) is 25.5 Å². The van der Waals surface area contributed by atoms with Gasteiger partial charge < -0.3 is 15.4 Å². The highest BCUT2D eigenvalue weighted by atomic mass is 16.5. The standard InChI is InChI=1S/C19H27N5O2/c1-4-5-6-7-11-20-17-12-14(2)21-18(23-17)24-19(25)22-15-9-8-10-16(13-15)26-3/h8-10,12-13H,4-7,11H2,1-3H3,(H3,20,21,22,23,24,25). The molecule has 1 aromatic heterocycles. The summed E-state index contributed by atoms with van der Waals surface area (Å²) in [5.41, 5.74) is 1.41. The summed E-state index contributed by atoms with van der Waals surface area (Å²) < 4.78 is 5.14. The maximum absolute atomic E-state index is 12.2. The molecule has 2 rings (SSSR count). The molecule has 0 fully saturated rings. The molecule has 0 spiro atoms. The van der Waals surface area contributed by atoms with Gasteiger partial charge in [-0.15, -0.1) is 0 Å². The minimum absolute atomic E-state index is 0.265. The minimum atomic E-state index is -0.405. The molecular formula is C19H27N5O2. The first-order valence-corrected chi connectivity index (χ1v) is 8.92. The molecule has 0 unspecified atom stereocenters. The van der Waals surface area contributed by atoms with Crippen LogP contribution in [0.2, 0.25) is 0 Å². The molecule has 7 heteroatoms. The number of aryl methyl sites for hydroxylation is 1. The highest BCUT2D eigenvalue weighted by Gasteiger charge is 2.08. The number of aromatic nitrogens is 2. The zero-order valence-corrected chi connectivity index (χ0v) is 15.6. The van der Waals surface area contributed by atoms with Crippen molar-refractivity contribution in [3.63, 3.8) is 0 Å². The smallest absolute Gasteiger partial charge is 0.326 e. The van der Waals surface area contributed by atoms with Crippen LogP contribution in [0.15, 0.2) is 30.3 Å². The Morgan fingerprint density at radius 3 is 2.73 bits per heavy atom. The van der Waals surface area contributed by atoms with Crippen LogP contribution in [-0.4, -0.2) is 29.7 Å². The van der Waals surface area contributed by atoms with Crippen LogP contribution in [0.4, 0.5) is 22.2 Å². The summed E-state index contributed by atoms with van der Waals surface area (Å²) in [5.74, 6) is 1.65. The Hall–Kier alpha value is -2.83. The molecule has 2 aromatic rings. The largest absolute Gasteiger partial charge is 0.497 e. The number of urea groups is 1. The lowest BCUT2D eigenvalue weighted by Crippen LogP contribution is -2.21. The normalized spacial score (nSPS) is 10.3. The van der Waals surface area contributed by atoms with Crippen LogP contribution >= 0.6 is 0 Å². The number of ether oxygens (including phenoxy) is 1. The lowest BCUT2D eigenvalue weighted by atomic mass is 10.2. The van der Waals surface area contributed by atoms with Gasteiger partial charge in [0.25, 0.3) is 0 Å². The van der Waals surface area contributed by atoms with Crippen LogP contribution in [0.25, 0.3) is 0 Å². The second-order valence-corrected chi connectivity index (χ2v) is 6.02. The first-order valence-electron chi connectivity index (χ1n) is 8.92. The van der Waals surface area contributed by atoms with E-state index in [1.54, 1.807) is 25.3 Å². The van der Waals surface area contributed by atoms with E-state index in [2.05, 4.69) is 32.8 Å². The lowest BCUT2D eigenvalue weighted by Gasteiger charge is -2.10. The molecule has 1 aromatic carbocycles. The summed E-state index contributed by atoms with van der Waals surface area (Å²) in [4.78, 5) is 20.8. The molecule has 3 N–H and O–H groups in total. The van der Waals surface area contributed by atoms with Crippen molar-refractivity contribution in [3.8, 4) is 5.75 Å². The molecule has 0 aliphatic heterocycles. The number of amides is 2. The number of nitrogens with one attached hydrogen (secondary N) is 3. The third-order valence-corrected chi connectivity index (χ3v) is 3.74. The summed E-state index contributed by atoms with van der Waals surface area (Å²) >= 11 is 0. The number of hydrogen-bond acceptors (Lipinski definition) is 5. The topological polar surface area (TPSA) is 88.2 Å². The quantitative estimate of drug-likeness (QED) is 0.578. The van der Waals surface area contributed by atoms with Crippen molar-refractivity contribution in [1.82, 2.24) is 9.97 Å². The van der Waals surface area contributed by atoms with Gasteiger partial charge in [-0.1, -0.05) is 32.3 Å². The molecule has 1 heterocycles. The van der Waals surface area contributed by atoms with Gasteiger partial charge in [0, 0.05) is 30.1 Å². The van der Waals surface area contributed by atoms with E-state index < -0.39 is 6.03 Å². The van der Waals surface area contributed by atoms with E-state index in [4.69, 9.17) is 4.74 Å². The second-order valence-electron chi connectivity index (χ2n) is 6.02. The van der Waals surface area contributed by atoms with Crippen LogP contribution in [0, 0.1) is 6.92 Å². The molecule has 26 heavy (non-hydrogen) atoms. The predicted octanol–water partition coefficient (Wildman–Crippen LogP) is 4.43. The highest BCUT2D eigenvalue weighted by molar-refractivity contribution is 5.98. The molecule has 0 saturated carbocycles. The van der Waals surface area contributed by atoms with Crippen molar-refractivity contribution in [2.45, 2.75) is 39.5 Å². The van der Waals surface area contributed by atoms with E-state index in [-0.39, 0.29) is 5.95 Å². The SMILES string of the molecule is CCCCCCNc1cc(C)nc(NC(=O)Nc2cccc(OC)c2)n1. The van der Waals surface area contributed by atoms with E-state index in [9.17, 15) is 4.79 Å². The molecule has 2 amide bonds. The average molecular weight is 357 g/mol. The Kier molecular flexibility index (Phi) is 7.67. The van der Waals surface area contributed by atoms with Gasteiger partial charge in [-0.2, -0.15) is 4.98 Å². The Balaban J connectivity index is 1.92. The number of carbonyl (C=O) groups is 1. The number of carbonyl (C=O) groups excluding carboxylic acids is 1. The number of nitrogens with zero attached hydrogens (tertiary/aromatic N) is 2. The van der Waals surface area contributed by atoms with Gasteiger partial charge in [0.05, 0.1) is 7.11 Å². The predicted molar refractivity (Wildman–Crippen MR) is 105 cm³/mol. The van der Waals surface area contributed by atoms with E-state index >= 15 is 0 Å². The van der Waals surface area contributed by atoms with E-state index in [1.807, 2.05) is 19.1 Å². The Morgan fingerprint density at radius 1 is 1.12 bits per heavy atom. The maximum atomic E-state index is 12.2. The fourth-order valence-corrected chi connectivity index (χ4v) is 2.45. The van der Waals surface area contributed by atoms with Crippen LogP contribution in [0.5, 0.6) is 5.75 Å². The van der Waals surface area contributed by atoms with E-state index in [1.165, 1.54) is 19.3 Å². The lowest BCUT2D eigenvalue weighted by molar-refractivity contribution is 0.262. The van der Waals surface area contributed by atoms with Crippen molar-refractivity contribution in [2.24, 2.45) is 0 Å². The number of unbranched alkanes of at least 4 members (excludes halogenated alkanes) is 3. The molecule has 0 aliphatic rings.